The molecule has 1 fully saturated rings. The van der Waals surface area contributed by atoms with E-state index >= 15 is 0 Å². The maximum Gasteiger partial charge on any atom is 0.243 e. The van der Waals surface area contributed by atoms with Crippen molar-refractivity contribution in [2.75, 3.05) is 6.54 Å². The number of hydrogen-bond acceptors (Lipinski definition) is 3. The number of hydrogen-bond donors (Lipinski definition) is 0. The minimum absolute atomic E-state index is 0.00335. The van der Waals surface area contributed by atoms with Crippen molar-refractivity contribution in [2.24, 2.45) is 0 Å². The molecule has 1 aliphatic heterocycles. The molecule has 39 heavy (non-hydrogen) atoms. The summed E-state index contributed by atoms with van der Waals surface area (Å²) in [5.41, 5.74) is 2.68. The zero-order chi connectivity index (χ0) is 27.7. The topological polar surface area (TPSA) is 40.6 Å². The van der Waals surface area contributed by atoms with Crippen molar-refractivity contribution in [3.05, 3.63) is 135 Å². The summed E-state index contributed by atoms with van der Waals surface area (Å²) in [5, 5.41) is 1.25. The molecule has 0 bridgehead atoms. The van der Waals surface area contributed by atoms with Crippen LogP contribution in [0.3, 0.4) is 0 Å². The lowest BCUT2D eigenvalue weighted by atomic mass is 9.88. The lowest BCUT2D eigenvalue weighted by molar-refractivity contribution is -0.0103. The molecule has 1 heterocycles. The first kappa shape index (κ1) is 27.7. The number of benzene rings is 4. The molecule has 0 aromatic heterocycles. The van der Waals surface area contributed by atoms with Gasteiger partial charge in [0.25, 0.3) is 0 Å². The smallest absolute Gasteiger partial charge is 0.243 e. The van der Waals surface area contributed by atoms with Gasteiger partial charge >= 0.3 is 0 Å². The van der Waals surface area contributed by atoms with E-state index in [4.69, 9.17) is 23.2 Å². The number of sulfonamides is 1. The summed E-state index contributed by atoms with van der Waals surface area (Å²) in [6.45, 7) is 2.49. The molecule has 1 aliphatic rings. The Bertz CT molecular complexity index is 1490. The highest BCUT2D eigenvalue weighted by atomic mass is 35.5. The van der Waals surface area contributed by atoms with Gasteiger partial charge in [-0.15, -0.1) is 0 Å². The Balaban J connectivity index is 1.50. The first-order chi connectivity index (χ1) is 18.6. The fraction of sp³-hybridized carbons (Fsp3) is 0.200. The van der Waals surface area contributed by atoms with Crippen molar-refractivity contribution in [1.82, 2.24) is 9.21 Å². The molecular weight excluding hydrogens is 561 g/mol. The Kier molecular flexibility index (Phi) is 8.08. The molecule has 4 aromatic rings. The molecule has 4 nitrogen and oxygen atoms in total. The second kappa shape index (κ2) is 11.4. The van der Waals surface area contributed by atoms with Gasteiger partial charge in [0.1, 0.15) is 11.6 Å². The molecule has 2 atom stereocenters. The molecule has 0 amide bonds. The first-order valence-corrected chi connectivity index (χ1v) is 14.6. The van der Waals surface area contributed by atoms with Gasteiger partial charge in [-0.25, -0.2) is 17.2 Å². The highest BCUT2D eigenvalue weighted by Crippen LogP contribution is 2.40. The molecule has 0 radical (unpaired) electrons. The van der Waals surface area contributed by atoms with E-state index in [-0.39, 0.29) is 29.6 Å². The van der Waals surface area contributed by atoms with E-state index in [2.05, 4.69) is 4.90 Å². The Morgan fingerprint density at radius 2 is 1.26 bits per heavy atom. The van der Waals surface area contributed by atoms with Crippen LogP contribution in [-0.2, 0) is 16.6 Å². The molecule has 9 heteroatoms. The molecule has 4 aromatic carbocycles. The van der Waals surface area contributed by atoms with Crippen molar-refractivity contribution in [2.45, 2.75) is 36.5 Å². The number of nitrogens with zero attached hydrogens (tertiary/aromatic N) is 2. The fourth-order valence-corrected chi connectivity index (χ4v) is 6.97. The van der Waals surface area contributed by atoms with E-state index in [1.807, 2.05) is 55.5 Å². The fourth-order valence-electron chi connectivity index (χ4n) is 5.05. The van der Waals surface area contributed by atoms with E-state index in [0.29, 0.717) is 22.2 Å². The molecule has 0 unspecified atom stereocenters. The van der Waals surface area contributed by atoms with Crippen LogP contribution < -0.4 is 0 Å². The minimum atomic E-state index is -4.00. The largest absolute Gasteiger partial charge is 0.286 e. The lowest BCUT2D eigenvalue weighted by Gasteiger charge is -2.54. The SMILES string of the molecule is C[C@H]1[C@H](N(Cc2ccc(F)cc2)S(=O)(=O)c2ccc(F)cc2)CN1C(c1ccc(Cl)cc1)c1ccc(Cl)cc1. The van der Waals surface area contributed by atoms with Gasteiger partial charge in [0.05, 0.1) is 17.0 Å². The van der Waals surface area contributed by atoms with Crippen LogP contribution in [0.1, 0.15) is 29.7 Å². The van der Waals surface area contributed by atoms with Crippen LogP contribution in [0, 0.1) is 11.6 Å². The molecule has 1 saturated heterocycles. The normalized spacial score (nSPS) is 17.9. The summed E-state index contributed by atoms with van der Waals surface area (Å²) in [6.07, 6.45) is 0. The highest BCUT2D eigenvalue weighted by Gasteiger charge is 2.47. The maximum absolute atomic E-state index is 13.9. The Morgan fingerprint density at radius 3 is 1.72 bits per heavy atom. The van der Waals surface area contributed by atoms with Crippen LogP contribution in [0.4, 0.5) is 8.78 Å². The van der Waals surface area contributed by atoms with Crippen LogP contribution in [0.5, 0.6) is 0 Å². The number of likely N-dealkylation sites (tertiary alicyclic amines) is 1. The van der Waals surface area contributed by atoms with Crippen molar-refractivity contribution in [3.8, 4) is 0 Å². The molecule has 0 N–H and O–H groups in total. The Hall–Kier alpha value is -2.81. The molecule has 0 aliphatic carbocycles. The summed E-state index contributed by atoms with van der Waals surface area (Å²) >= 11 is 12.3. The standard InChI is InChI=1S/C30H26Cl2F2N2O2S/c1-20-29(19-35(20)30(22-4-8-24(31)9-5-22)23-6-10-25(32)11-7-23)36(18-21-2-12-26(33)13-3-21)39(37,38)28-16-14-27(34)15-17-28/h2-17,20,29-30H,18-19H2,1H3/t20-,29+/m0/s1. The summed E-state index contributed by atoms with van der Waals surface area (Å²) in [7, 11) is -4.00. The van der Waals surface area contributed by atoms with Crippen LogP contribution in [0.15, 0.2) is 102 Å². The van der Waals surface area contributed by atoms with Crippen LogP contribution in [0.2, 0.25) is 10.0 Å². The van der Waals surface area contributed by atoms with Gasteiger partial charge in [-0.3, -0.25) is 4.90 Å². The molecule has 202 valence electrons. The molecular formula is C30H26Cl2F2N2O2S. The predicted molar refractivity (Wildman–Crippen MR) is 150 cm³/mol. The molecule has 0 saturated carbocycles. The molecule has 5 rings (SSSR count). The lowest BCUT2D eigenvalue weighted by Crippen LogP contribution is -2.66. The Labute approximate surface area is 237 Å². The number of halogens is 4. The van der Waals surface area contributed by atoms with E-state index in [9.17, 15) is 17.2 Å². The van der Waals surface area contributed by atoms with Crippen LogP contribution in [0.25, 0.3) is 0 Å². The summed E-state index contributed by atoms with van der Waals surface area (Å²) in [4.78, 5) is 2.23. The van der Waals surface area contributed by atoms with Crippen molar-refractivity contribution in [3.63, 3.8) is 0 Å². The average molecular weight is 588 g/mol. The zero-order valence-electron chi connectivity index (χ0n) is 21.0. The highest BCUT2D eigenvalue weighted by molar-refractivity contribution is 7.89. The van der Waals surface area contributed by atoms with Crippen LogP contribution in [-0.4, -0.2) is 36.3 Å². The second-order valence-corrected chi connectivity index (χ2v) is 12.4. The Morgan fingerprint density at radius 1 is 0.795 bits per heavy atom. The van der Waals surface area contributed by atoms with Gasteiger partial charge in [0.15, 0.2) is 0 Å². The third-order valence-corrected chi connectivity index (χ3v) is 9.61. The summed E-state index contributed by atoms with van der Waals surface area (Å²) in [5.74, 6) is -0.917. The summed E-state index contributed by atoms with van der Waals surface area (Å²) < 4.78 is 56.4. The van der Waals surface area contributed by atoms with Crippen molar-refractivity contribution < 1.29 is 17.2 Å². The van der Waals surface area contributed by atoms with E-state index in [1.54, 1.807) is 12.1 Å². The van der Waals surface area contributed by atoms with Gasteiger partial charge in [-0.05, 0) is 84.3 Å². The monoisotopic (exact) mass is 586 g/mol. The minimum Gasteiger partial charge on any atom is -0.286 e. The van der Waals surface area contributed by atoms with Gasteiger partial charge in [0.2, 0.25) is 10.0 Å². The van der Waals surface area contributed by atoms with E-state index in [0.717, 1.165) is 23.3 Å². The van der Waals surface area contributed by atoms with Gasteiger partial charge < -0.3 is 0 Å². The average Bonchev–Trinajstić information content (AvgIpc) is 2.92. The van der Waals surface area contributed by atoms with Crippen molar-refractivity contribution in [1.29, 1.82) is 0 Å². The van der Waals surface area contributed by atoms with E-state index in [1.165, 1.54) is 28.6 Å². The maximum atomic E-state index is 13.9. The molecule has 0 spiro atoms. The third kappa shape index (κ3) is 5.88. The van der Waals surface area contributed by atoms with Gasteiger partial charge in [-0.2, -0.15) is 4.31 Å². The van der Waals surface area contributed by atoms with Gasteiger partial charge in [-0.1, -0.05) is 59.6 Å². The summed E-state index contributed by atoms with van der Waals surface area (Å²) in [6, 6.07) is 25.1. The van der Waals surface area contributed by atoms with Crippen LogP contribution >= 0.6 is 23.2 Å². The van der Waals surface area contributed by atoms with Gasteiger partial charge in [0, 0.05) is 29.2 Å². The van der Waals surface area contributed by atoms with E-state index < -0.39 is 21.7 Å². The number of rotatable bonds is 8. The predicted octanol–water partition coefficient (Wildman–Crippen LogP) is 7.32. The van der Waals surface area contributed by atoms with Crippen molar-refractivity contribution >= 4 is 33.2 Å². The third-order valence-electron chi connectivity index (χ3n) is 7.22. The zero-order valence-corrected chi connectivity index (χ0v) is 23.3. The quantitative estimate of drug-likeness (QED) is 0.217. The first-order valence-electron chi connectivity index (χ1n) is 12.4. The second-order valence-electron chi connectivity index (χ2n) is 9.64.